The normalized spacial score (nSPS) is 19.4. The highest BCUT2D eigenvalue weighted by Gasteiger charge is 2.26. The summed E-state index contributed by atoms with van der Waals surface area (Å²) in [5, 5.41) is 0. The smallest absolute Gasteiger partial charge is 0.0488 e. The molecule has 2 heterocycles. The van der Waals surface area contributed by atoms with Crippen LogP contribution in [0.2, 0.25) is 0 Å². The van der Waals surface area contributed by atoms with Gasteiger partial charge in [-0.2, -0.15) is 0 Å². The number of piperidine rings is 1. The molecule has 0 aliphatic carbocycles. The summed E-state index contributed by atoms with van der Waals surface area (Å²) in [6, 6.07) is 2.40. The molecular formula is C16H28N4. The lowest BCUT2D eigenvalue weighted by Gasteiger charge is -2.38. The number of nitrogens with two attached hydrogens (primary N) is 1. The molecule has 1 fully saturated rings. The molecule has 1 aliphatic rings. The van der Waals surface area contributed by atoms with Crippen LogP contribution in [0.1, 0.15) is 30.0 Å². The summed E-state index contributed by atoms with van der Waals surface area (Å²) in [6.07, 6.45) is 6.39. The third-order valence-electron chi connectivity index (χ3n) is 4.38. The van der Waals surface area contributed by atoms with E-state index >= 15 is 0 Å². The average molecular weight is 276 g/mol. The second-order valence-electron chi connectivity index (χ2n) is 6.23. The molecule has 1 aromatic rings. The van der Waals surface area contributed by atoms with Crippen molar-refractivity contribution >= 4 is 0 Å². The maximum Gasteiger partial charge on any atom is 0.0488 e. The molecule has 0 spiro atoms. The summed E-state index contributed by atoms with van der Waals surface area (Å²) in [5.41, 5.74) is 8.63. The van der Waals surface area contributed by atoms with E-state index in [0.29, 0.717) is 12.6 Å². The zero-order valence-electron chi connectivity index (χ0n) is 13.0. The van der Waals surface area contributed by atoms with Crippen LogP contribution in [0.25, 0.3) is 0 Å². The van der Waals surface area contributed by atoms with E-state index in [1.54, 1.807) is 0 Å². The van der Waals surface area contributed by atoms with Gasteiger partial charge in [-0.25, -0.2) is 0 Å². The van der Waals surface area contributed by atoms with Gasteiger partial charge in [0.05, 0.1) is 0 Å². The second kappa shape index (κ2) is 7.16. The van der Waals surface area contributed by atoms with Crippen molar-refractivity contribution in [1.82, 2.24) is 14.8 Å². The van der Waals surface area contributed by atoms with Crippen molar-refractivity contribution in [2.75, 3.05) is 40.3 Å². The Morgan fingerprint density at radius 3 is 2.65 bits per heavy atom. The van der Waals surface area contributed by atoms with Crippen molar-refractivity contribution in [3.05, 3.63) is 29.6 Å². The van der Waals surface area contributed by atoms with Gasteiger partial charge in [0, 0.05) is 31.5 Å². The van der Waals surface area contributed by atoms with Crippen LogP contribution in [0.15, 0.2) is 18.5 Å². The van der Waals surface area contributed by atoms with Gasteiger partial charge in [0.1, 0.15) is 0 Å². The molecule has 1 aliphatic heterocycles. The molecule has 112 valence electrons. The Hall–Kier alpha value is -0.970. The van der Waals surface area contributed by atoms with E-state index in [0.717, 1.165) is 19.0 Å². The number of rotatable bonds is 5. The van der Waals surface area contributed by atoms with Gasteiger partial charge in [-0.15, -0.1) is 0 Å². The lowest BCUT2D eigenvalue weighted by Crippen LogP contribution is -2.41. The Morgan fingerprint density at radius 2 is 2.10 bits per heavy atom. The van der Waals surface area contributed by atoms with Gasteiger partial charge in [0.15, 0.2) is 0 Å². The van der Waals surface area contributed by atoms with Gasteiger partial charge in [-0.3, -0.25) is 9.88 Å². The molecule has 0 bridgehead atoms. The van der Waals surface area contributed by atoms with Crippen LogP contribution in [-0.4, -0.2) is 55.1 Å². The Kier molecular flexibility index (Phi) is 5.52. The van der Waals surface area contributed by atoms with Crippen molar-refractivity contribution in [3.63, 3.8) is 0 Å². The first-order chi connectivity index (χ1) is 9.61. The van der Waals surface area contributed by atoms with Crippen LogP contribution in [-0.2, 0) is 0 Å². The van der Waals surface area contributed by atoms with E-state index in [1.807, 2.05) is 12.4 Å². The van der Waals surface area contributed by atoms with Crippen LogP contribution >= 0.6 is 0 Å². The standard InChI is InChI=1S/C16H28N4/c1-13-4-7-18-11-15(13)16(10-17)20-8-5-14(6-9-20)12-19(2)3/h4,7,11,14,16H,5-6,8-10,12,17H2,1-3H3. The van der Waals surface area contributed by atoms with Gasteiger partial charge in [0.25, 0.3) is 0 Å². The fourth-order valence-corrected chi connectivity index (χ4v) is 3.26. The molecular weight excluding hydrogens is 248 g/mol. The van der Waals surface area contributed by atoms with E-state index in [-0.39, 0.29) is 0 Å². The van der Waals surface area contributed by atoms with Gasteiger partial charge < -0.3 is 10.6 Å². The summed E-state index contributed by atoms with van der Waals surface area (Å²) >= 11 is 0. The topological polar surface area (TPSA) is 45.4 Å². The minimum absolute atomic E-state index is 0.323. The number of hydrogen-bond donors (Lipinski definition) is 1. The van der Waals surface area contributed by atoms with Crippen LogP contribution in [0.4, 0.5) is 0 Å². The molecule has 2 rings (SSSR count). The molecule has 2 N–H and O–H groups in total. The molecule has 1 aromatic heterocycles. The Bertz CT molecular complexity index is 411. The van der Waals surface area contributed by atoms with Crippen molar-refractivity contribution < 1.29 is 0 Å². The zero-order valence-corrected chi connectivity index (χ0v) is 13.0. The van der Waals surface area contributed by atoms with Crippen LogP contribution in [0.3, 0.4) is 0 Å². The lowest BCUT2D eigenvalue weighted by atomic mass is 9.93. The van der Waals surface area contributed by atoms with Crippen LogP contribution in [0, 0.1) is 12.8 Å². The van der Waals surface area contributed by atoms with Crippen molar-refractivity contribution in [3.8, 4) is 0 Å². The number of aryl methyl sites for hydroxylation is 1. The third-order valence-corrected chi connectivity index (χ3v) is 4.38. The first-order valence-electron chi connectivity index (χ1n) is 7.61. The molecule has 4 heteroatoms. The van der Waals surface area contributed by atoms with E-state index in [9.17, 15) is 0 Å². The fourth-order valence-electron chi connectivity index (χ4n) is 3.26. The Balaban J connectivity index is 1.99. The molecule has 4 nitrogen and oxygen atoms in total. The summed E-state index contributed by atoms with van der Waals surface area (Å²) < 4.78 is 0. The van der Waals surface area contributed by atoms with Crippen molar-refractivity contribution in [2.45, 2.75) is 25.8 Å². The van der Waals surface area contributed by atoms with E-state index in [2.05, 4.69) is 41.9 Å². The van der Waals surface area contributed by atoms with Crippen LogP contribution < -0.4 is 5.73 Å². The number of hydrogen-bond acceptors (Lipinski definition) is 4. The lowest BCUT2D eigenvalue weighted by molar-refractivity contribution is 0.122. The first kappa shape index (κ1) is 15.4. The minimum Gasteiger partial charge on any atom is -0.329 e. The van der Waals surface area contributed by atoms with Gasteiger partial charge in [-0.05, 0) is 70.1 Å². The van der Waals surface area contributed by atoms with Gasteiger partial charge >= 0.3 is 0 Å². The predicted molar refractivity (Wildman–Crippen MR) is 83.6 cm³/mol. The number of nitrogens with zero attached hydrogens (tertiary/aromatic N) is 3. The quantitative estimate of drug-likeness (QED) is 0.888. The van der Waals surface area contributed by atoms with E-state index < -0.39 is 0 Å². The molecule has 0 radical (unpaired) electrons. The molecule has 20 heavy (non-hydrogen) atoms. The maximum absolute atomic E-state index is 6.04. The molecule has 1 atom stereocenters. The van der Waals surface area contributed by atoms with Crippen LogP contribution in [0.5, 0.6) is 0 Å². The molecule has 0 amide bonds. The van der Waals surface area contributed by atoms with Gasteiger partial charge in [-0.1, -0.05) is 0 Å². The largest absolute Gasteiger partial charge is 0.329 e. The zero-order chi connectivity index (χ0) is 14.5. The average Bonchev–Trinajstić information content (AvgIpc) is 2.43. The molecule has 1 unspecified atom stereocenters. The number of aromatic nitrogens is 1. The van der Waals surface area contributed by atoms with Crippen molar-refractivity contribution in [2.24, 2.45) is 11.7 Å². The summed E-state index contributed by atoms with van der Waals surface area (Å²) in [7, 11) is 4.32. The summed E-state index contributed by atoms with van der Waals surface area (Å²) in [4.78, 5) is 9.11. The molecule has 0 saturated carbocycles. The summed E-state index contributed by atoms with van der Waals surface area (Å²) in [6.45, 7) is 6.32. The van der Waals surface area contributed by atoms with Gasteiger partial charge in [0.2, 0.25) is 0 Å². The fraction of sp³-hybridized carbons (Fsp3) is 0.688. The number of likely N-dealkylation sites (tertiary alicyclic amines) is 1. The van der Waals surface area contributed by atoms with E-state index in [4.69, 9.17) is 5.73 Å². The third kappa shape index (κ3) is 3.78. The monoisotopic (exact) mass is 276 g/mol. The predicted octanol–water partition coefficient (Wildman–Crippen LogP) is 1.66. The SMILES string of the molecule is Cc1ccncc1C(CN)N1CCC(CN(C)C)CC1. The molecule has 1 saturated heterocycles. The summed E-state index contributed by atoms with van der Waals surface area (Å²) in [5.74, 6) is 0.828. The first-order valence-corrected chi connectivity index (χ1v) is 7.61. The number of pyridine rings is 1. The highest BCUT2D eigenvalue weighted by Crippen LogP contribution is 2.27. The molecule has 0 aromatic carbocycles. The highest BCUT2D eigenvalue weighted by molar-refractivity contribution is 5.25. The Labute approximate surface area is 123 Å². The minimum atomic E-state index is 0.323. The maximum atomic E-state index is 6.04. The van der Waals surface area contributed by atoms with E-state index in [1.165, 1.54) is 30.5 Å². The second-order valence-corrected chi connectivity index (χ2v) is 6.23. The highest BCUT2D eigenvalue weighted by atomic mass is 15.2. The Morgan fingerprint density at radius 1 is 1.40 bits per heavy atom. The van der Waals surface area contributed by atoms with Crippen molar-refractivity contribution in [1.29, 1.82) is 0 Å².